The molecule has 0 bridgehead atoms. The topological polar surface area (TPSA) is 170 Å². The highest BCUT2D eigenvalue weighted by atomic mass is 35.5. The quantitative estimate of drug-likeness (QED) is 0.211. The highest BCUT2D eigenvalue weighted by Gasteiger charge is 2.46. The Kier molecular flexibility index (Phi) is 11.2. The Hall–Kier alpha value is -2.86. The molecule has 12 nitrogen and oxygen atoms in total. The van der Waals surface area contributed by atoms with E-state index in [1.165, 1.54) is 6.92 Å². The number of fused-ring (bicyclic) bond motifs is 1. The summed E-state index contributed by atoms with van der Waals surface area (Å²) < 4.78 is 11.1. The van der Waals surface area contributed by atoms with Crippen LogP contribution in [0, 0.1) is 17.8 Å². The molecular weight excluding hydrogens is 617 g/mol. The molecule has 7 atom stereocenters. The molecule has 0 aromatic carbocycles. The Morgan fingerprint density at radius 1 is 1.07 bits per heavy atom. The van der Waals surface area contributed by atoms with Gasteiger partial charge in [0.1, 0.15) is 12.1 Å². The van der Waals surface area contributed by atoms with Crippen molar-refractivity contribution >= 4 is 58.4 Å². The number of ketones is 1. The van der Waals surface area contributed by atoms with Gasteiger partial charge in [-0.15, -0.1) is 23.2 Å². The number of hydrogen-bond acceptors (Lipinski definition) is 9. The van der Waals surface area contributed by atoms with E-state index in [9.17, 15) is 29.1 Å². The van der Waals surface area contributed by atoms with Gasteiger partial charge >= 0.3 is 11.9 Å². The van der Waals surface area contributed by atoms with Crippen molar-refractivity contribution in [2.75, 3.05) is 6.61 Å². The zero-order valence-corrected chi connectivity index (χ0v) is 26.7. The third-order valence-electron chi connectivity index (χ3n) is 8.74. The normalized spacial score (nSPS) is 30.9. The number of rotatable bonds is 12. The molecule has 4 rings (SSSR count). The number of nitrogens with one attached hydrogen (secondary N) is 2. The van der Waals surface area contributed by atoms with Crippen LogP contribution in [-0.4, -0.2) is 81.5 Å². The third kappa shape index (κ3) is 8.04. The van der Waals surface area contributed by atoms with E-state index in [1.54, 1.807) is 0 Å². The molecule has 44 heavy (non-hydrogen) atoms. The van der Waals surface area contributed by atoms with Crippen LogP contribution < -0.4 is 10.6 Å². The largest absolute Gasteiger partial charge is 0.484 e. The number of aliphatic carboxylic acids is 1. The lowest BCUT2D eigenvalue weighted by Crippen LogP contribution is -2.53. The molecule has 0 aromatic heterocycles. The minimum Gasteiger partial charge on any atom is -0.484 e. The van der Waals surface area contributed by atoms with Gasteiger partial charge in [-0.05, 0) is 51.0 Å². The van der Waals surface area contributed by atoms with E-state index in [4.69, 9.17) is 37.5 Å². The zero-order valence-electron chi connectivity index (χ0n) is 25.2. The number of halogens is 2. The summed E-state index contributed by atoms with van der Waals surface area (Å²) in [4.78, 5) is 69.0. The molecule has 2 aliphatic carbocycles. The molecule has 2 saturated carbocycles. The van der Waals surface area contributed by atoms with Crippen molar-refractivity contribution < 1.29 is 43.4 Å². The van der Waals surface area contributed by atoms with E-state index in [0.29, 0.717) is 18.6 Å². The standard InChI is InChI=1S/C30H41Cl2N3O9/c1-15(2)26(34-27(39)23-11-16-7-4-5-10-22(16)43-23)20-13-30(3,44-35-20)29(41)33-19(12-24(37)38)21(36)14-42-28(40)25-17(31)8-6-9-18(25)32/h11,15-19,22,25-26H,4-10,12-14H2,1-3H3,(H,33,41)(H,34,39)(H,37,38)/t16?,17?,18?,19-,22?,25?,26-,30?/m0/s1. The van der Waals surface area contributed by atoms with Crippen molar-refractivity contribution in [3.05, 3.63) is 11.8 Å². The fraction of sp³-hybridized carbons (Fsp3) is 0.733. The second-order valence-electron chi connectivity index (χ2n) is 12.6. The van der Waals surface area contributed by atoms with Crippen molar-refractivity contribution in [2.45, 2.75) is 113 Å². The Labute approximate surface area is 266 Å². The predicted molar refractivity (Wildman–Crippen MR) is 160 cm³/mol. The van der Waals surface area contributed by atoms with Gasteiger partial charge in [0.05, 0.1) is 24.1 Å². The van der Waals surface area contributed by atoms with Crippen LogP contribution in [0.5, 0.6) is 0 Å². The molecule has 0 saturated heterocycles. The van der Waals surface area contributed by atoms with Crippen LogP contribution in [-0.2, 0) is 38.3 Å². The van der Waals surface area contributed by atoms with E-state index in [1.807, 2.05) is 19.9 Å². The van der Waals surface area contributed by atoms with Crippen LogP contribution in [0.15, 0.2) is 17.0 Å². The van der Waals surface area contributed by atoms with Gasteiger partial charge in [0.25, 0.3) is 11.8 Å². The van der Waals surface area contributed by atoms with Crippen molar-refractivity contribution in [3.63, 3.8) is 0 Å². The number of ether oxygens (including phenoxy) is 2. The van der Waals surface area contributed by atoms with Gasteiger partial charge in [-0.2, -0.15) is 0 Å². The summed E-state index contributed by atoms with van der Waals surface area (Å²) >= 11 is 12.5. The average molecular weight is 659 g/mol. The molecule has 0 radical (unpaired) electrons. The summed E-state index contributed by atoms with van der Waals surface area (Å²) in [6.07, 6.45) is 7.13. The number of carbonyl (C=O) groups excluding carboxylic acids is 4. The molecule has 5 unspecified atom stereocenters. The molecule has 2 fully saturated rings. The maximum absolute atomic E-state index is 13.3. The molecule has 244 valence electrons. The van der Waals surface area contributed by atoms with Crippen molar-refractivity contribution in [1.29, 1.82) is 0 Å². The molecule has 14 heteroatoms. The lowest BCUT2D eigenvalue weighted by atomic mass is 9.87. The molecule has 3 N–H and O–H groups in total. The van der Waals surface area contributed by atoms with Crippen molar-refractivity contribution in [1.82, 2.24) is 10.6 Å². The predicted octanol–water partition coefficient (Wildman–Crippen LogP) is 3.22. The zero-order chi connectivity index (χ0) is 32.2. The first-order chi connectivity index (χ1) is 20.8. The van der Waals surface area contributed by atoms with E-state index in [2.05, 4.69) is 15.8 Å². The maximum Gasteiger partial charge on any atom is 0.312 e. The number of esters is 1. The SMILES string of the molecule is CC(C)[C@H](NC(=O)C1=CC2CCCCC2O1)C1=NOC(C)(C(=O)N[C@@H](CC(=O)O)C(=O)COC(=O)C2C(Cl)CCCC2Cl)C1. The number of hydrogen-bond donors (Lipinski definition) is 3. The van der Waals surface area contributed by atoms with Gasteiger partial charge in [-0.25, -0.2) is 0 Å². The summed E-state index contributed by atoms with van der Waals surface area (Å²) in [5, 5.41) is 17.8. The van der Waals surface area contributed by atoms with Crippen molar-refractivity contribution in [3.8, 4) is 0 Å². The molecule has 2 heterocycles. The summed E-state index contributed by atoms with van der Waals surface area (Å²) in [6, 6.07) is -2.07. The lowest BCUT2D eigenvalue weighted by Gasteiger charge is -2.29. The third-order valence-corrected chi connectivity index (χ3v) is 9.72. The van der Waals surface area contributed by atoms with Gasteiger partial charge < -0.3 is 30.1 Å². The number of carboxylic acid groups (broad SMARTS) is 1. The highest BCUT2D eigenvalue weighted by Crippen LogP contribution is 2.36. The van der Waals surface area contributed by atoms with Crippen LogP contribution in [0.4, 0.5) is 0 Å². The maximum atomic E-state index is 13.3. The smallest absolute Gasteiger partial charge is 0.312 e. The fourth-order valence-corrected chi connectivity index (χ4v) is 7.09. The van der Waals surface area contributed by atoms with Crippen LogP contribution in [0.1, 0.15) is 78.6 Å². The molecular formula is C30H41Cl2N3O9. The van der Waals surface area contributed by atoms with Gasteiger partial charge in [0, 0.05) is 23.1 Å². The fourth-order valence-electron chi connectivity index (χ4n) is 6.15. The number of alkyl halides is 2. The van der Waals surface area contributed by atoms with E-state index < -0.39 is 71.0 Å². The molecule has 4 aliphatic rings. The Morgan fingerprint density at radius 2 is 1.75 bits per heavy atom. The Bertz CT molecular complexity index is 1200. The number of carbonyl (C=O) groups is 5. The highest BCUT2D eigenvalue weighted by molar-refractivity contribution is 6.26. The van der Waals surface area contributed by atoms with Gasteiger partial charge in [-0.1, -0.05) is 31.8 Å². The summed E-state index contributed by atoms with van der Waals surface area (Å²) in [7, 11) is 0. The Balaban J connectivity index is 1.35. The van der Waals surface area contributed by atoms with Crippen LogP contribution >= 0.6 is 23.2 Å². The number of Topliss-reactive ketones (excluding diaryl/α,β-unsaturated/α-hetero) is 1. The monoisotopic (exact) mass is 657 g/mol. The number of nitrogens with zero attached hydrogens (tertiary/aromatic N) is 1. The molecule has 2 amide bonds. The molecule has 2 aliphatic heterocycles. The summed E-state index contributed by atoms with van der Waals surface area (Å²) in [5.41, 5.74) is -1.17. The second-order valence-corrected chi connectivity index (χ2v) is 13.7. The number of oxime groups is 1. The van der Waals surface area contributed by atoms with E-state index in [0.717, 1.165) is 32.1 Å². The van der Waals surface area contributed by atoms with Crippen LogP contribution in [0.25, 0.3) is 0 Å². The van der Waals surface area contributed by atoms with Crippen molar-refractivity contribution in [2.24, 2.45) is 22.9 Å². The molecule has 0 aromatic rings. The van der Waals surface area contributed by atoms with E-state index in [-0.39, 0.29) is 36.0 Å². The minimum absolute atomic E-state index is 0.0212. The summed E-state index contributed by atoms with van der Waals surface area (Å²) in [5.74, 6) is -4.46. The van der Waals surface area contributed by atoms with Gasteiger partial charge in [-0.3, -0.25) is 24.0 Å². The molecule has 0 spiro atoms. The average Bonchev–Trinajstić information content (AvgIpc) is 3.58. The van der Waals surface area contributed by atoms with Gasteiger partial charge in [0.15, 0.2) is 18.1 Å². The first kappa shape index (κ1) is 34.0. The van der Waals surface area contributed by atoms with Gasteiger partial charge in [0.2, 0.25) is 5.60 Å². The Morgan fingerprint density at radius 3 is 2.39 bits per heavy atom. The summed E-state index contributed by atoms with van der Waals surface area (Å²) in [6.45, 7) is 4.48. The number of carboxylic acids is 1. The first-order valence-corrected chi connectivity index (χ1v) is 16.1. The number of amides is 2. The van der Waals surface area contributed by atoms with Crippen LogP contribution in [0.2, 0.25) is 0 Å². The van der Waals surface area contributed by atoms with E-state index >= 15 is 0 Å². The minimum atomic E-state index is -1.58. The lowest BCUT2D eigenvalue weighted by molar-refractivity contribution is -0.154. The van der Waals surface area contributed by atoms with Crippen LogP contribution in [0.3, 0.4) is 0 Å². The first-order valence-electron chi connectivity index (χ1n) is 15.2. The second kappa shape index (κ2) is 14.5.